The zero-order valence-corrected chi connectivity index (χ0v) is 10.6. The molecule has 18 heavy (non-hydrogen) atoms. The fraction of sp³-hybridized carbons (Fsp3) is 0.769. The lowest BCUT2D eigenvalue weighted by Gasteiger charge is -2.54. The van der Waals surface area contributed by atoms with Gasteiger partial charge in [0, 0.05) is 20.1 Å². The molecule has 1 N–H and O–H groups in total. The van der Waals surface area contributed by atoms with Gasteiger partial charge in [0.1, 0.15) is 5.71 Å². The Kier molecular flexibility index (Phi) is 3.80. The van der Waals surface area contributed by atoms with Crippen molar-refractivity contribution >= 4 is 5.71 Å². The molecule has 1 aliphatic carbocycles. The van der Waals surface area contributed by atoms with Crippen LogP contribution in [0.5, 0.6) is 0 Å². The Morgan fingerprint density at radius 3 is 2.50 bits per heavy atom. The van der Waals surface area contributed by atoms with E-state index in [1.165, 1.54) is 19.9 Å². The first-order chi connectivity index (χ1) is 8.45. The predicted octanol–water partition coefficient (Wildman–Crippen LogP) is 2.96. The first-order valence-corrected chi connectivity index (χ1v) is 6.36. The van der Waals surface area contributed by atoms with Crippen LogP contribution in [0, 0.1) is 11.3 Å². The van der Waals surface area contributed by atoms with E-state index in [4.69, 9.17) is 0 Å². The van der Waals surface area contributed by atoms with Gasteiger partial charge in [-0.1, -0.05) is 6.08 Å². The van der Waals surface area contributed by atoms with Gasteiger partial charge in [-0.25, -0.2) is 0 Å². The van der Waals surface area contributed by atoms with Crippen molar-refractivity contribution in [3.05, 3.63) is 12.2 Å². The average molecular weight is 260 g/mol. The third-order valence-corrected chi connectivity index (χ3v) is 3.99. The molecule has 102 valence electrons. The number of hydrogen-bond donors (Lipinski definition) is 1. The number of rotatable bonds is 4. The zero-order chi connectivity index (χ0) is 13.2. The average Bonchev–Trinajstić information content (AvgIpc) is 2.15. The Morgan fingerprint density at radius 2 is 2.06 bits per heavy atom. The lowest BCUT2D eigenvalue weighted by Crippen LogP contribution is -2.60. The van der Waals surface area contributed by atoms with Crippen LogP contribution in [0.25, 0.3) is 0 Å². The van der Waals surface area contributed by atoms with Gasteiger partial charge >= 0.3 is 6.18 Å². The second kappa shape index (κ2) is 5.03. The monoisotopic (exact) mass is 260 g/mol. The molecule has 1 saturated carbocycles. The summed E-state index contributed by atoms with van der Waals surface area (Å²) in [7, 11) is 1.17. The van der Waals surface area contributed by atoms with Crippen molar-refractivity contribution in [2.75, 3.05) is 20.1 Å². The molecule has 2 rings (SSSR count). The molecule has 2 aliphatic rings. The topological polar surface area (TPSA) is 24.4 Å². The molecular formula is C13H19F3N2. The first-order valence-electron chi connectivity index (χ1n) is 6.36. The van der Waals surface area contributed by atoms with E-state index in [0.29, 0.717) is 17.8 Å². The van der Waals surface area contributed by atoms with Crippen LogP contribution >= 0.6 is 0 Å². The van der Waals surface area contributed by atoms with E-state index in [-0.39, 0.29) is 0 Å². The second-order valence-electron chi connectivity index (χ2n) is 5.46. The van der Waals surface area contributed by atoms with Crippen molar-refractivity contribution in [1.82, 2.24) is 5.32 Å². The van der Waals surface area contributed by atoms with E-state index in [9.17, 15) is 13.2 Å². The van der Waals surface area contributed by atoms with Gasteiger partial charge in [0.05, 0.1) is 0 Å². The molecule has 1 heterocycles. The quantitative estimate of drug-likeness (QED) is 0.772. The van der Waals surface area contributed by atoms with E-state index in [1.54, 1.807) is 6.08 Å². The van der Waals surface area contributed by atoms with Crippen molar-refractivity contribution in [1.29, 1.82) is 0 Å². The summed E-state index contributed by atoms with van der Waals surface area (Å²) in [6, 6.07) is 0. The molecule has 0 amide bonds. The summed E-state index contributed by atoms with van der Waals surface area (Å²) in [5, 5.41) is 3.28. The van der Waals surface area contributed by atoms with Gasteiger partial charge < -0.3 is 5.32 Å². The molecule has 1 spiro atoms. The fourth-order valence-electron chi connectivity index (χ4n) is 2.96. The molecule has 5 heteroatoms. The minimum absolute atomic E-state index is 0.552. The summed E-state index contributed by atoms with van der Waals surface area (Å²) in [4.78, 5) is 3.25. The smallest absolute Gasteiger partial charge is 0.316 e. The van der Waals surface area contributed by atoms with Crippen LogP contribution in [0.15, 0.2) is 17.1 Å². The summed E-state index contributed by atoms with van der Waals surface area (Å²) in [5.74, 6) is 0.699. The van der Waals surface area contributed by atoms with Crippen LogP contribution < -0.4 is 5.32 Å². The summed E-state index contributed by atoms with van der Waals surface area (Å²) in [5.41, 5.74) is -0.244. The van der Waals surface area contributed by atoms with Gasteiger partial charge in [0.15, 0.2) is 0 Å². The summed E-state index contributed by atoms with van der Waals surface area (Å²) < 4.78 is 37.0. The SMILES string of the molecule is CN=C(/C=C\CCC1CC2(CNC2)C1)C(F)(F)F. The predicted molar refractivity (Wildman–Crippen MR) is 65.8 cm³/mol. The van der Waals surface area contributed by atoms with Crippen LogP contribution in [0.3, 0.4) is 0 Å². The van der Waals surface area contributed by atoms with Gasteiger partial charge in [-0.15, -0.1) is 0 Å². The second-order valence-corrected chi connectivity index (χ2v) is 5.46. The number of alkyl halides is 3. The minimum atomic E-state index is -4.33. The molecule has 0 radical (unpaired) electrons. The number of nitrogens with zero attached hydrogens (tertiary/aromatic N) is 1. The molecule has 0 unspecified atom stereocenters. The Balaban J connectivity index is 1.66. The molecule has 1 aliphatic heterocycles. The number of aliphatic imine (C=N–C) groups is 1. The van der Waals surface area contributed by atoms with Crippen molar-refractivity contribution < 1.29 is 13.2 Å². The van der Waals surface area contributed by atoms with Gasteiger partial charge in [-0.05, 0) is 43.1 Å². The molecule has 0 aromatic rings. The Morgan fingerprint density at radius 1 is 1.39 bits per heavy atom. The number of allylic oxidation sites excluding steroid dienone is 2. The third-order valence-electron chi connectivity index (χ3n) is 3.99. The molecule has 0 atom stereocenters. The maximum Gasteiger partial charge on any atom is 0.432 e. The van der Waals surface area contributed by atoms with E-state index < -0.39 is 11.9 Å². The molecule has 0 bridgehead atoms. The van der Waals surface area contributed by atoms with E-state index in [2.05, 4.69) is 10.3 Å². The number of halogens is 3. The highest BCUT2D eigenvalue weighted by Gasteiger charge is 2.47. The van der Waals surface area contributed by atoms with Crippen molar-refractivity contribution in [3.63, 3.8) is 0 Å². The molecule has 2 nitrogen and oxygen atoms in total. The minimum Gasteiger partial charge on any atom is -0.316 e. The van der Waals surface area contributed by atoms with Crippen LogP contribution in [-0.2, 0) is 0 Å². The van der Waals surface area contributed by atoms with Crippen molar-refractivity contribution in [3.8, 4) is 0 Å². The Hall–Kier alpha value is -0.840. The molecule has 0 aromatic heterocycles. The van der Waals surface area contributed by atoms with Crippen LogP contribution in [-0.4, -0.2) is 32.0 Å². The number of nitrogens with one attached hydrogen (secondary N) is 1. The van der Waals surface area contributed by atoms with Crippen molar-refractivity contribution in [2.24, 2.45) is 16.3 Å². The maximum absolute atomic E-state index is 12.3. The standard InChI is InChI=1S/C13H19F3N2/c1-17-11(13(14,15)16)5-3-2-4-10-6-12(7-10)8-18-9-12/h3,5,10,18H,2,4,6-9H2,1H3/b5-3-,17-11?. The van der Waals surface area contributed by atoms with E-state index >= 15 is 0 Å². The van der Waals surface area contributed by atoms with E-state index in [1.807, 2.05) is 0 Å². The highest BCUT2D eigenvalue weighted by molar-refractivity contribution is 5.99. The van der Waals surface area contributed by atoms with Crippen LogP contribution in [0.4, 0.5) is 13.2 Å². The van der Waals surface area contributed by atoms with E-state index in [0.717, 1.165) is 25.6 Å². The summed E-state index contributed by atoms with van der Waals surface area (Å²) in [6.07, 6.45) is 2.54. The largest absolute Gasteiger partial charge is 0.432 e. The van der Waals surface area contributed by atoms with Crippen LogP contribution in [0.2, 0.25) is 0 Å². The number of hydrogen-bond acceptors (Lipinski definition) is 2. The van der Waals surface area contributed by atoms with Crippen molar-refractivity contribution in [2.45, 2.75) is 31.9 Å². The van der Waals surface area contributed by atoms with Gasteiger partial charge in [0.2, 0.25) is 0 Å². The normalized spacial score (nSPS) is 24.3. The zero-order valence-electron chi connectivity index (χ0n) is 10.6. The fourth-order valence-corrected chi connectivity index (χ4v) is 2.96. The lowest BCUT2D eigenvalue weighted by atomic mass is 9.57. The summed E-state index contributed by atoms with van der Waals surface area (Å²) >= 11 is 0. The summed E-state index contributed by atoms with van der Waals surface area (Å²) in [6.45, 7) is 2.25. The molecular weight excluding hydrogens is 241 g/mol. The maximum atomic E-state index is 12.3. The van der Waals surface area contributed by atoms with Gasteiger partial charge in [-0.2, -0.15) is 13.2 Å². The van der Waals surface area contributed by atoms with Crippen LogP contribution in [0.1, 0.15) is 25.7 Å². The van der Waals surface area contributed by atoms with Gasteiger partial charge in [-0.3, -0.25) is 4.99 Å². The first kappa shape index (κ1) is 13.6. The lowest BCUT2D eigenvalue weighted by molar-refractivity contribution is -0.0577. The molecule has 2 fully saturated rings. The Bertz CT molecular complexity index is 346. The molecule has 1 saturated heterocycles. The van der Waals surface area contributed by atoms with Gasteiger partial charge in [0.25, 0.3) is 0 Å². The highest BCUT2D eigenvalue weighted by Crippen LogP contribution is 2.50. The highest BCUT2D eigenvalue weighted by atomic mass is 19.4. The Labute approximate surface area is 105 Å². The molecule has 0 aromatic carbocycles. The third kappa shape index (κ3) is 2.94.